The van der Waals surface area contributed by atoms with Crippen molar-refractivity contribution in [1.82, 2.24) is 19.4 Å². The highest BCUT2D eigenvalue weighted by atomic mass is 32.1. The van der Waals surface area contributed by atoms with Crippen LogP contribution in [-0.4, -0.2) is 70.7 Å². The third kappa shape index (κ3) is 2.79. The van der Waals surface area contributed by atoms with E-state index in [0.717, 1.165) is 44.1 Å². The Morgan fingerprint density at radius 1 is 1.39 bits per heavy atom. The molecule has 0 radical (unpaired) electrons. The van der Waals surface area contributed by atoms with Crippen LogP contribution < -0.4 is 0 Å². The Labute approximate surface area is 141 Å². The molecule has 0 unspecified atom stereocenters. The van der Waals surface area contributed by atoms with Crippen molar-refractivity contribution in [2.75, 3.05) is 39.9 Å². The second-order valence-electron chi connectivity index (χ2n) is 7.04. The molecule has 3 heterocycles. The number of carbonyl (C=O) groups is 1. The second-order valence-corrected chi connectivity index (χ2v) is 7.83. The van der Waals surface area contributed by atoms with E-state index in [1.54, 1.807) is 7.11 Å². The second kappa shape index (κ2) is 6.11. The predicted octanol–water partition coefficient (Wildman–Crippen LogP) is 1.74. The van der Waals surface area contributed by atoms with Gasteiger partial charge in [0.15, 0.2) is 5.69 Å². The summed E-state index contributed by atoms with van der Waals surface area (Å²) in [6, 6.07) is 0. The Hall–Kier alpha value is -1.05. The Morgan fingerprint density at radius 2 is 2.26 bits per heavy atom. The number of likely N-dealkylation sites (tertiary alicyclic amines) is 2. The van der Waals surface area contributed by atoms with Crippen molar-refractivity contribution in [2.24, 2.45) is 0 Å². The monoisotopic (exact) mass is 336 g/mol. The summed E-state index contributed by atoms with van der Waals surface area (Å²) in [6.07, 6.45) is 5.81. The summed E-state index contributed by atoms with van der Waals surface area (Å²) in [7, 11) is 1.75. The number of piperidine rings is 1. The zero-order valence-corrected chi connectivity index (χ0v) is 14.5. The van der Waals surface area contributed by atoms with Gasteiger partial charge in [-0.15, -0.1) is 5.10 Å². The molecule has 0 aromatic carbocycles. The molecule has 3 fully saturated rings. The third-order valence-electron chi connectivity index (χ3n) is 5.59. The fourth-order valence-electron chi connectivity index (χ4n) is 3.99. The van der Waals surface area contributed by atoms with Crippen molar-refractivity contribution in [3.05, 3.63) is 10.6 Å². The quantitative estimate of drug-likeness (QED) is 0.820. The topological polar surface area (TPSA) is 58.6 Å². The first-order valence-corrected chi connectivity index (χ1v) is 9.36. The van der Waals surface area contributed by atoms with Gasteiger partial charge >= 0.3 is 0 Å². The van der Waals surface area contributed by atoms with E-state index in [0.29, 0.717) is 11.6 Å². The van der Waals surface area contributed by atoms with Crippen LogP contribution in [0.5, 0.6) is 0 Å². The molecule has 1 aromatic rings. The number of aromatic nitrogens is 2. The lowest BCUT2D eigenvalue weighted by molar-refractivity contribution is -0.0680. The van der Waals surface area contributed by atoms with Gasteiger partial charge in [0, 0.05) is 38.8 Å². The summed E-state index contributed by atoms with van der Waals surface area (Å²) in [4.78, 5) is 18.6. The molecular formula is C16H24N4O2S. The summed E-state index contributed by atoms with van der Waals surface area (Å²) in [6.45, 7) is 4.52. The molecule has 1 saturated carbocycles. The maximum atomic E-state index is 12.9. The van der Waals surface area contributed by atoms with Crippen LogP contribution in [0.25, 0.3) is 0 Å². The average Bonchev–Trinajstić information content (AvgIpc) is 3.30. The SMILES string of the molecule is COCCN1CC[C@]12CCCN(C(=O)c1nnsc1C1CC1)C2. The molecular weight excluding hydrogens is 312 g/mol. The highest BCUT2D eigenvalue weighted by molar-refractivity contribution is 7.06. The largest absolute Gasteiger partial charge is 0.383 e. The van der Waals surface area contributed by atoms with Gasteiger partial charge in [-0.3, -0.25) is 9.69 Å². The minimum atomic E-state index is 0.0957. The number of carbonyl (C=O) groups excluding carboxylic acids is 1. The molecule has 7 heteroatoms. The zero-order chi connectivity index (χ0) is 15.9. The molecule has 23 heavy (non-hydrogen) atoms. The summed E-state index contributed by atoms with van der Waals surface area (Å²) >= 11 is 1.41. The molecule has 1 spiro atoms. The number of nitrogens with zero attached hydrogens (tertiary/aromatic N) is 4. The van der Waals surface area contributed by atoms with Crippen molar-refractivity contribution in [3.63, 3.8) is 0 Å². The van der Waals surface area contributed by atoms with E-state index < -0.39 is 0 Å². The molecule has 126 valence electrons. The first kappa shape index (κ1) is 15.5. The fraction of sp³-hybridized carbons (Fsp3) is 0.812. The molecule has 4 rings (SSSR count). The Balaban J connectivity index is 1.46. The fourth-order valence-corrected chi connectivity index (χ4v) is 4.80. The van der Waals surface area contributed by atoms with Crippen LogP contribution in [0.2, 0.25) is 0 Å². The molecule has 1 aliphatic carbocycles. The van der Waals surface area contributed by atoms with Gasteiger partial charge in [0.2, 0.25) is 0 Å². The average molecular weight is 336 g/mol. The number of amides is 1. The predicted molar refractivity (Wildman–Crippen MR) is 87.8 cm³/mol. The van der Waals surface area contributed by atoms with Gasteiger partial charge in [-0.1, -0.05) is 4.49 Å². The standard InChI is InChI=1S/C16H24N4O2S/c1-22-10-9-20-8-6-16(20)5-2-7-19(11-16)15(21)13-14(12-3-4-12)23-18-17-13/h12H,2-11H2,1H3/t16-/m0/s1. The van der Waals surface area contributed by atoms with E-state index in [9.17, 15) is 4.79 Å². The van der Waals surface area contributed by atoms with E-state index in [1.807, 2.05) is 4.90 Å². The van der Waals surface area contributed by atoms with Crippen LogP contribution in [-0.2, 0) is 4.74 Å². The van der Waals surface area contributed by atoms with Crippen LogP contribution in [0.3, 0.4) is 0 Å². The van der Waals surface area contributed by atoms with Crippen LogP contribution >= 0.6 is 11.5 Å². The number of hydrogen-bond donors (Lipinski definition) is 0. The molecule has 1 aromatic heterocycles. The lowest BCUT2D eigenvalue weighted by Crippen LogP contribution is -2.67. The highest BCUT2D eigenvalue weighted by Crippen LogP contribution is 2.44. The summed E-state index contributed by atoms with van der Waals surface area (Å²) in [5, 5.41) is 4.16. The van der Waals surface area contributed by atoms with Crippen molar-refractivity contribution in [1.29, 1.82) is 0 Å². The van der Waals surface area contributed by atoms with Gasteiger partial charge < -0.3 is 9.64 Å². The zero-order valence-electron chi connectivity index (χ0n) is 13.7. The van der Waals surface area contributed by atoms with Gasteiger partial charge in [0.05, 0.1) is 11.5 Å². The normalized spacial score (nSPS) is 28.1. The molecule has 0 N–H and O–H groups in total. The summed E-state index contributed by atoms with van der Waals surface area (Å²) in [5.41, 5.74) is 0.799. The molecule has 1 atom stereocenters. The molecule has 6 nitrogen and oxygen atoms in total. The Kier molecular flexibility index (Phi) is 4.11. The molecule has 0 bridgehead atoms. The van der Waals surface area contributed by atoms with Gasteiger partial charge in [0.1, 0.15) is 0 Å². The van der Waals surface area contributed by atoms with Crippen LogP contribution in [0.4, 0.5) is 0 Å². The van der Waals surface area contributed by atoms with Crippen molar-refractivity contribution in [3.8, 4) is 0 Å². The van der Waals surface area contributed by atoms with E-state index in [-0.39, 0.29) is 11.4 Å². The third-order valence-corrected chi connectivity index (χ3v) is 6.48. The number of hydrogen-bond acceptors (Lipinski definition) is 6. The lowest BCUT2D eigenvalue weighted by Gasteiger charge is -2.57. The maximum Gasteiger partial charge on any atom is 0.275 e. The molecule has 2 aliphatic heterocycles. The van der Waals surface area contributed by atoms with Gasteiger partial charge in [-0.2, -0.15) is 0 Å². The lowest BCUT2D eigenvalue weighted by atomic mass is 9.77. The van der Waals surface area contributed by atoms with Gasteiger partial charge in [0.25, 0.3) is 5.91 Å². The number of rotatable bonds is 5. The number of ether oxygens (including phenoxy) is 1. The van der Waals surface area contributed by atoms with Crippen molar-refractivity contribution < 1.29 is 9.53 Å². The smallest absolute Gasteiger partial charge is 0.275 e. The van der Waals surface area contributed by atoms with E-state index in [2.05, 4.69) is 14.5 Å². The van der Waals surface area contributed by atoms with Crippen molar-refractivity contribution in [2.45, 2.75) is 43.6 Å². The summed E-state index contributed by atoms with van der Waals surface area (Å²) < 4.78 is 9.27. The molecule has 3 aliphatic rings. The van der Waals surface area contributed by atoms with Crippen LogP contribution in [0.15, 0.2) is 0 Å². The van der Waals surface area contributed by atoms with Gasteiger partial charge in [-0.05, 0) is 49.6 Å². The van der Waals surface area contributed by atoms with E-state index >= 15 is 0 Å². The molecule has 1 amide bonds. The Bertz CT molecular complexity index is 588. The first-order valence-electron chi connectivity index (χ1n) is 8.59. The minimum Gasteiger partial charge on any atom is -0.383 e. The minimum absolute atomic E-state index is 0.0957. The van der Waals surface area contributed by atoms with Crippen LogP contribution in [0.1, 0.15) is 53.4 Å². The summed E-state index contributed by atoms with van der Waals surface area (Å²) in [5.74, 6) is 0.632. The Morgan fingerprint density at radius 3 is 2.96 bits per heavy atom. The van der Waals surface area contributed by atoms with E-state index in [4.69, 9.17) is 4.74 Å². The van der Waals surface area contributed by atoms with Crippen molar-refractivity contribution >= 4 is 17.4 Å². The first-order chi connectivity index (χ1) is 11.2. The maximum absolute atomic E-state index is 12.9. The van der Waals surface area contributed by atoms with E-state index in [1.165, 1.54) is 37.2 Å². The van der Waals surface area contributed by atoms with Gasteiger partial charge in [-0.25, -0.2) is 0 Å². The van der Waals surface area contributed by atoms with Crippen LogP contribution in [0, 0.1) is 0 Å². The highest BCUT2D eigenvalue weighted by Gasteiger charge is 2.48. The number of methoxy groups -OCH3 is 1. The molecule has 2 saturated heterocycles.